The van der Waals surface area contributed by atoms with Crippen molar-refractivity contribution in [3.05, 3.63) is 0 Å². The maximum atomic E-state index is 11.3. The molecule has 0 radical (unpaired) electrons. The normalized spacial score (nSPS) is 34.2. The number of nitrogens with zero attached hydrogens (tertiary/aromatic N) is 1. The highest BCUT2D eigenvalue weighted by Gasteiger charge is 2.30. The molecule has 2 rings (SSSR count). The van der Waals surface area contributed by atoms with E-state index in [-0.39, 0.29) is 12.1 Å². The maximum Gasteiger partial charge on any atom is 0.308 e. The number of carbonyl (C=O) groups excluding carboxylic acids is 1. The molecular weight excluding hydrogens is 230 g/mol. The van der Waals surface area contributed by atoms with Crippen LogP contribution in [-0.4, -0.2) is 49.8 Å². The number of ether oxygens (including phenoxy) is 2. The van der Waals surface area contributed by atoms with Gasteiger partial charge < -0.3 is 9.47 Å². The van der Waals surface area contributed by atoms with Crippen LogP contribution in [0.4, 0.5) is 0 Å². The molecule has 3 unspecified atom stereocenters. The van der Waals surface area contributed by atoms with Gasteiger partial charge in [0.1, 0.15) is 0 Å². The van der Waals surface area contributed by atoms with Gasteiger partial charge in [0.05, 0.1) is 26.2 Å². The molecule has 2 fully saturated rings. The molecule has 3 atom stereocenters. The highest BCUT2D eigenvalue weighted by molar-refractivity contribution is 5.69. The average Bonchev–Trinajstić information content (AvgIpc) is 2.39. The molecule has 1 aliphatic heterocycles. The molecule has 1 heterocycles. The largest absolute Gasteiger partial charge is 0.469 e. The van der Waals surface area contributed by atoms with E-state index in [0.29, 0.717) is 12.5 Å². The van der Waals surface area contributed by atoms with Gasteiger partial charge in [-0.25, -0.2) is 0 Å². The van der Waals surface area contributed by atoms with Crippen molar-refractivity contribution in [2.75, 3.05) is 26.8 Å². The Bertz CT molecular complexity index is 282. The Morgan fingerprint density at radius 2 is 2.28 bits per heavy atom. The minimum absolute atomic E-state index is 0.0171. The van der Waals surface area contributed by atoms with Crippen molar-refractivity contribution in [1.82, 2.24) is 4.90 Å². The van der Waals surface area contributed by atoms with Gasteiger partial charge in [0.15, 0.2) is 0 Å². The summed E-state index contributed by atoms with van der Waals surface area (Å²) in [5.74, 6) is 0.671. The Balaban J connectivity index is 1.84. The fourth-order valence-electron chi connectivity index (χ4n) is 3.20. The van der Waals surface area contributed by atoms with E-state index in [1.54, 1.807) is 0 Å². The Hall–Kier alpha value is -0.610. The van der Waals surface area contributed by atoms with Crippen molar-refractivity contribution in [2.24, 2.45) is 5.92 Å². The Morgan fingerprint density at radius 3 is 3.00 bits per heavy atom. The summed E-state index contributed by atoms with van der Waals surface area (Å²) in [6.07, 6.45) is 5.70. The molecule has 0 aromatic carbocycles. The number of hydrogen-bond acceptors (Lipinski definition) is 4. The first-order valence-electron chi connectivity index (χ1n) is 7.11. The predicted molar refractivity (Wildman–Crippen MR) is 69.4 cm³/mol. The Morgan fingerprint density at radius 1 is 1.44 bits per heavy atom. The van der Waals surface area contributed by atoms with Crippen LogP contribution in [0.3, 0.4) is 0 Å². The molecule has 104 valence electrons. The van der Waals surface area contributed by atoms with Gasteiger partial charge in [-0.2, -0.15) is 0 Å². The van der Waals surface area contributed by atoms with E-state index in [2.05, 4.69) is 11.8 Å². The lowest BCUT2D eigenvalue weighted by atomic mass is 9.86. The summed E-state index contributed by atoms with van der Waals surface area (Å²) in [4.78, 5) is 13.8. The SMILES string of the molecule is COC(=O)CC1CN(C2CCCC(C)C2)CCO1. The topological polar surface area (TPSA) is 38.8 Å². The second-order valence-electron chi connectivity index (χ2n) is 5.69. The van der Waals surface area contributed by atoms with Crippen LogP contribution in [-0.2, 0) is 14.3 Å². The number of hydrogen-bond donors (Lipinski definition) is 0. The molecule has 0 aromatic heterocycles. The smallest absolute Gasteiger partial charge is 0.308 e. The highest BCUT2D eigenvalue weighted by Crippen LogP contribution is 2.28. The summed E-state index contributed by atoms with van der Waals surface area (Å²) in [6, 6.07) is 0.692. The Labute approximate surface area is 110 Å². The van der Waals surface area contributed by atoms with Crippen molar-refractivity contribution in [2.45, 2.75) is 51.2 Å². The number of esters is 1. The molecule has 18 heavy (non-hydrogen) atoms. The van der Waals surface area contributed by atoms with Gasteiger partial charge in [-0.05, 0) is 18.8 Å². The zero-order chi connectivity index (χ0) is 13.0. The zero-order valence-corrected chi connectivity index (χ0v) is 11.6. The molecule has 0 spiro atoms. The van der Waals surface area contributed by atoms with Crippen LogP contribution in [0.1, 0.15) is 39.0 Å². The van der Waals surface area contributed by atoms with Gasteiger partial charge in [-0.1, -0.05) is 19.8 Å². The summed E-state index contributed by atoms with van der Waals surface area (Å²) >= 11 is 0. The zero-order valence-electron chi connectivity index (χ0n) is 11.6. The van der Waals surface area contributed by atoms with Crippen LogP contribution < -0.4 is 0 Å². The molecule has 4 nitrogen and oxygen atoms in total. The van der Waals surface area contributed by atoms with Crippen molar-refractivity contribution in [3.63, 3.8) is 0 Å². The lowest BCUT2D eigenvalue weighted by Gasteiger charge is -2.41. The summed E-state index contributed by atoms with van der Waals surface area (Å²) in [6.45, 7) is 4.98. The summed E-state index contributed by atoms with van der Waals surface area (Å²) in [5, 5.41) is 0. The summed E-state index contributed by atoms with van der Waals surface area (Å²) < 4.78 is 10.4. The second-order valence-corrected chi connectivity index (χ2v) is 5.69. The van der Waals surface area contributed by atoms with Crippen LogP contribution in [0, 0.1) is 5.92 Å². The van der Waals surface area contributed by atoms with E-state index in [0.717, 1.165) is 25.6 Å². The van der Waals surface area contributed by atoms with Crippen molar-refractivity contribution in [3.8, 4) is 0 Å². The van der Waals surface area contributed by atoms with Gasteiger partial charge in [-0.3, -0.25) is 9.69 Å². The Kier molecular flexibility index (Phi) is 5.01. The van der Waals surface area contributed by atoms with Crippen molar-refractivity contribution >= 4 is 5.97 Å². The molecule has 1 saturated carbocycles. The predicted octanol–water partition coefficient (Wildman–Crippen LogP) is 1.83. The van der Waals surface area contributed by atoms with E-state index in [4.69, 9.17) is 9.47 Å². The third-order valence-electron chi connectivity index (χ3n) is 4.22. The van der Waals surface area contributed by atoms with E-state index in [9.17, 15) is 4.79 Å². The minimum Gasteiger partial charge on any atom is -0.469 e. The van der Waals surface area contributed by atoms with E-state index >= 15 is 0 Å². The molecule has 0 N–H and O–H groups in total. The van der Waals surface area contributed by atoms with Gasteiger partial charge in [0.2, 0.25) is 0 Å². The van der Waals surface area contributed by atoms with E-state index in [1.165, 1.54) is 32.8 Å². The van der Waals surface area contributed by atoms with Crippen LogP contribution in [0.15, 0.2) is 0 Å². The van der Waals surface area contributed by atoms with Crippen LogP contribution in [0.2, 0.25) is 0 Å². The molecule has 0 aromatic rings. The third kappa shape index (κ3) is 3.69. The maximum absolute atomic E-state index is 11.3. The first kappa shape index (κ1) is 13.8. The van der Waals surface area contributed by atoms with Gasteiger partial charge in [0.25, 0.3) is 0 Å². The first-order valence-corrected chi connectivity index (χ1v) is 7.11. The minimum atomic E-state index is -0.168. The molecule has 1 aliphatic carbocycles. The third-order valence-corrected chi connectivity index (χ3v) is 4.22. The second kappa shape index (κ2) is 6.53. The van der Waals surface area contributed by atoms with E-state index < -0.39 is 0 Å². The number of carbonyl (C=O) groups is 1. The molecule has 2 aliphatic rings. The van der Waals surface area contributed by atoms with Gasteiger partial charge in [-0.15, -0.1) is 0 Å². The summed E-state index contributed by atoms with van der Waals surface area (Å²) in [5.41, 5.74) is 0. The molecule has 1 saturated heterocycles. The van der Waals surface area contributed by atoms with Crippen molar-refractivity contribution < 1.29 is 14.3 Å². The lowest BCUT2D eigenvalue weighted by Crippen LogP contribution is -2.49. The fourth-order valence-corrected chi connectivity index (χ4v) is 3.20. The molecular formula is C14H25NO3. The molecule has 4 heteroatoms. The first-order chi connectivity index (χ1) is 8.69. The lowest BCUT2D eigenvalue weighted by molar-refractivity contribution is -0.146. The summed E-state index contributed by atoms with van der Waals surface area (Å²) in [7, 11) is 1.44. The highest BCUT2D eigenvalue weighted by atomic mass is 16.5. The van der Waals surface area contributed by atoms with E-state index in [1.807, 2.05) is 0 Å². The van der Waals surface area contributed by atoms with Gasteiger partial charge >= 0.3 is 5.97 Å². The fraction of sp³-hybridized carbons (Fsp3) is 0.929. The number of methoxy groups -OCH3 is 1. The van der Waals surface area contributed by atoms with Crippen molar-refractivity contribution in [1.29, 1.82) is 0 Å². The monoisotopic (exact) mass is 255 g/mol. The van der Waals surface area contributed by atoms with Gasteiger partial charge in [0, 0.05) is 19.1 Å². The molecule has 0 amide bonds. The van der Waals surface area contributed by atoms with Crippen LogP contribution >= 0.6 is 0 Å². The van der Waals surface area contributed by atoms with Crippen LogP contribution in [0.5, 0.6) is 0 Å². The number of rotatable bonds is 3. The molecule has 0 bridgehead atoms. The standard InChI is InChI=1S/C14H25NO3/c1-11-4-3-5-12(8-11)15-6-7-18-13(10-15)9-14(16)17-2/h11-13H,3-10H2,1-2H3. The van der Waals surface area contributed by atoms with Crippen LogP contribution in [0.25, 0.3) is 0 Å². The number of morpholine rings is 1. The average molecular weight is 255 g/mol. The quantitative estimate of drug-likeness (QED) is 0.721.